The van der Waals surface area contributed by atoms with E-state index in [1.807, 2.05) is 6.92 Å². The van der Waals surface area contributed by atoms with Crippen molar-refractivity contribution >= 4 is 40.3 Å². The average Bonchev–Trinajstić information content (AvgIpc) is 3.39. The number of cyclic esters (lactones) is 1. The molecule has 6 rings (SSSR count). The van der Waals surface area contributed by atoms with Crippen molar-refractivity contribution in [2.75, 3.05) is 13.1 Å². The number of aliphatic hydroxyl groups excluding tert-OH is 1. The summed E-state index contributed by atoms with van der Waals surface area (Å²) in [6.07, 6.45) is 1.75. The molecule has 11 nitrogen and oxygen atoms in total. The number of hydrogen-bond donors (Lipinski definition) is 3. The van der Waals surface area contributed by atoms with Gasteiger partial charge >= 0.3 is 11.9 Å². The Morgan fingerprint density at radius 2 is 2.02 bits per heavy atom. The maximum Gasteiger partial charge on any atom is 0.343 e. The Morgan fingerprint density at radius 1 is 1.26 bits per heavy atom. The molecule has 0 radical (unpaired) electrons. The molecule has 4 heterocycles. The molecule has 0 saturated carbocycles. The molecule has 1 aliphatic carbocycles. The number of halogens is 2. The number of pyridine rings is 2. The molecule has 3 atom stereocenters. The molecule has 3 aliphatic rings. The minimum absolute atomic E-state index is 0.00970. The molecule has 2 unspecified atom stereocenters. The highest BCUT2D eigenvalue weighted by molar-refractivity contribution is 6.32. The van der Waals surface area contributed by atoms with Gasteiger partial charge in [0, 0.05) is 47.5 Å². The normalized spacial score (nSPS) is 20.2. The predicted octanol–water partition coefficient (Wildman–Crippen LogP) is 2.35. The number of amides is 2. The monoisotopic (exact) mass is 655 g/mol. The van der Waals surface area contributed by atoms with Crippen LogP contribution in [-0.2, 0) is 44.3 Å². The van der Waals surface area contributed by atoms with Crippen molar-refractivity contribution in [2.24, 2.45) is 0 Å². The number of fused-ring (bicyclic) bond motifs is 5. The van der Waals surface area contributed by atoms with Crippen LogP contribution in [0.15, 0.2) is 16.9 Å². The van der Waals surface area contributed by atoms with Gasteiger partial charge in [-0.15, -0.1) is 0 Å². The molecule has 0 fully saturated rings. The van der Waals surface area contributed by atoms with E-state index < -0.39 is 35.1 Å². The fourth-order valence-electron chi connectivity index (χ4n) is 7.08. The highest BCUT2D eigenvalue weighted by atomic mass is 35.5. The van der Waals surface area contributed by atoms with Gasteiger partial charge < -0.3 is 24.4 Å². The number of nitrogens with zero attached hydrogens (tertiary/aromatic N) is 3. The maximum absolute atomic E-state index is 15.1. The van der Waals surface area contributed by atoms with E-state index >= 15 is 4.39 Å². The summed E-state index contributed by atoms with van der Waals surface area (Å²) in [5, 5.41) is 23.4. The quantitative estimate of drug-likeness (QED) is 0.232. The second-order valence-corrected chi connectivity index (χ2v) is 12.9. The molecule has 3 aromatic rings. The Morgan fingerprint density at radius 3 is 2.72 bits per heavy atom. The summed E-state index contributed by atoms with van der Waals surface area (Å²) in [4.78, 5) is 59.0. The van der Waals surface area contributed by atoms with Crippen LogP contribution >= 0.6 is 11.6 Å². The van der Waals surface area contributed by atoms with Gasteiger partial charge in [-0.1, -0.05) is 31.9 Å². The zero-order valence-electron chi connectivity index (χ0n) is 26.0. The van der Waals surface area contributed by atoms with Crippen LogP contribution in [0.3, 0.4) is 0 Å². The van der Waals surface area contributed by atoms with Crippen LogP contribution in [-0.4, -0.2) is 61.6 Å². The first kappa shape index (κ1) is 32.2. The molecule has 2 amide bonds. The van der Waals surface area contributed by atoms with E-state index in [1.54, 1.807) is 25.2 Å². The van der Waals surface area contributed by atoms with Gasteiger partial charge in [-0.3, -0.25) is 14.9 Å². The van der Waals surface area contributed by atoms with Crippen LogP contribution in [0.4, 0.5) is 4.39 Å². The number of esters is 1. The number of benzene rings is 1. The van der Waals surface area contributed by atoms with E-state index in [-0.39, 0.29) is 67.0 Å². The van der Waals surface area contributed by atoms with Gasteiger partial charge in [-0.05, 0) is 37.8 Å². The second-order valence-electron chi connectivity index (χ2n) is 12.5. The summed E-state index contributed by atoms with van der Waals surface area (Å²) in [7, 11) is 0. The maximum atomic E-state index is 15.1. The molecule has 2 aliphatic heterocycles. The average molecular weight is 656 g/mol. The Bertz CT molecular complexity index is 1860. The SMILES string of the molecule is CCCCC(=O)N(CC(=O)[NH2+]C1CCc2c(Cl)c(F)cc3nc4c(c1c23)Cn1c-4cc2c(c1=O)COC(=O)[C@]2(O)CC)CC(C)O. The molecule has 13 heteroatoms. The number of nitrogens with two attached hydrogens (primary N) is 1. The lowest BCUT2D eigenvalue weighted by atomic mass is 9.83. The van der Waals surface area contributed by atoms with Crippen LogP contribution < -0.4 is 10.9 Å². The molecule has 0 saturated heterocycles. The number of unbranched alkanes of at least 4 members (excludes halogenated alkanes) is 1. The summed E-state index contributed by atoms with van der Waals surface area (Å²) in [6.45, 7) is 4.81. The van der Waals surface area contributed by atoms with Gasteiger partial charge in [0.15, 0.2) is 5.60 Å². The summed E-state index contributed by atoms with van der Waals surface area (Å²) >= 11 is 6.46. The third kappa shape index (κ3) is 5.21. The van der Waals surface area contributed by atoms with Crippen molar-refractivity contribution < 1.29 is 39.0 Å². The number of rotatable bonds is 9. The molecule has 244 valence electrons. The first-order valence-electron chi connectivity index (χ1n) is 15.7. The van der Waals surface area contributed by atoms with Gasteiger partial charge in [-0.2, -0.15) is 0 Å². The lowest BCUT2D eigenvalue weighted by Gasteiger charge is -2.31. The second kappa shape index (κ2) is 12.1. The first-order valence-corrected chi connectivity index (χ1v) is 16.1. The minimum atomic E-state index is -2.00. The van der Waals surface area contributed by atoms with Crippen LogP contribution in [0.25, 0.3) is 22.3 Å². The smallest absolute Gasteiger partial charge is 0.343 e. The van der Waals surface area contributed by atoms with Crippen LogP contribution in [0.1, 0.15) is 86.7 Å². The number of aromatic nitrogens is 2. The van der Waals surface area contributed by atoms with E-state index in [0.717, 1.165) is 6.42 Å². The third-order valence-corrected chi connectivity index (χ3v) is 9.81. The van der Waals surface area contributed by atoms with E-state index in [4.69, 9.17) is 21.3 Å². The number of aryl methyl sites for hydroxylation is 1. The topological polar surface area (TPSA) is 156 Å². The first-order chi connectivity index (χ1) is 21.9. The molecular weight excluding hydrogens is 619 g/mol. The van der Waals surface area contributed by atoms with Gasteiger partial charge in [-0.25, -0.2) is 19.0 Å². The van der Waals surface area contributed by atoms with Gasteiger partial charge in [0.25, 0.3) is 5.56 Å². The highest BCUT2D eigenvalue weighted by Crippen LogP contribution is 2.45. The van der Waals surface area contributed by atoms with Crippen LogP contribution in [0.5, 0.6) is 0 Å². The van der Waals surface area contributed by atoms with Crippen LogP contribution in [0.2, 0.25) is 5.02 Å². The number of quaternary nitrogens is 1. The number of ether oxygens (including phenoxy) is 1. The number of carbonyl (C=O) groups is 3. The predicted molar refractivity (Wildman–Crippen MR) is 165 cm³/mol. The molecule has 4 N–H and O–H groups in total. The van der Waals surface area contributed by atoms with E-state index in [1.165, 1.54) is 15.5 Å². The van der Waals surface area contributed by atoms with Gasteiger partial charge in [0.1, 0.15) is 25.0 Å². The molecule has 0 bridgehead atoms. The Kier molecular flexibility index (Phi) is 8.51. The van der Waals surface area contributed by atoms with Crippen molar-refractivity contribution in [3.8, 4) is 11.4 Å². The summed E-state index contributed by atoms with van der Waals surface area (Å²) < 4.78 is 21.8. The molecule has 1 aromatic carbocycles. The largest absolute Gasteiger partial charge is 0.458 e. The highest BCUT2D eigenvalue weighted by Gasteiger charge is 2.46. The van der Waals surface area contributed by atoms with Gasteiger partial charge in [0.05, 0.1) is 40.1 Å². The Balaban J connectivity index is 1.45. The number of carbonyl (C=O) groups excluding carboxylic acids is 3. The third-order valence-electron chi connectivity index (χ3n) is 9.40. The molecule has 2 aromatic heterocycles. The number of aliphatic hydroxyl groups is 2. The summed E-state index contributed by atoms with van der Waals surface area (Å²) in [5.41, 5.74) is 0.927. The molecular formula is C33H37ClFN4O7+. The Labute approximate surface area is 269 Å². The van der Waals surface area contributed by atoms with Crippen molar-refractivity contribution in [3.05, 3.63) is 61.1 Å². The molecule has 0 spiro atoms. The minimum Gasteiger partial charge on any atom is -0.458 e. The summed E-state index contributed by atoms with van der Waals surface area (Å²) in [6, 6.07) is 2.37. The van der Waals surface area contributed by atoms with E-state index in [0.29, 0.717) is 58.2 Å². The van der Waals surface area contributed by atoms with Crippen molar-refractivity contribution in [3.63, 3.8) is 0 Å². The lowest BCUT2D eigenvalue weighted by molar-refractivity contribution is -0.613. The lowest BCUT2D eigenvalue weighted by Crippen LogP contribution is -2.90. The standard InChI is InChI=1S/C33H36ClFN4O7/c1-4-6-7-26(42)38(12-16(3)40)14-25(41)36-22-9-8-17-27-23(11-21(35)29(17)34)37-30-18(28(22)27)13-39-24(30)10-20-19(31(39)43)15-46-32(44)33(20,45)5-2/h10-11,16,22,40,45H,4-9,12-15H2,1-3H3,(H,36,41)/p+1/t16?,22?,33-/m0/s1. The van der Waals surface area contributed by atoms with Crippen LogP contribution in [0, 0.1) is 5.82 Å². The van der Waals surface area contributed by atoms with Gasteiger partial charge in [0.2, 0.25) is 5.91 Å². The van der Waals surface area contributed by atoms with Crippen molar-refractivity contribution in [1.29, 1.82) is 0 Å². The zero-order valence-corrected chi connectivity index (χ0v) is 26.7. The van der Waals surface area contributed by atoms with E-state index in [9.17, 15) is 29.4 Å². The van der Waals surface area contributed by atoms with Crippen molar-refractivity contribution in [2.45, 2.75) is 90.2 Å². The summed E-state index contributed by atoms with van der Waals surface area (Å²) in [5.74, 6) is -1.98. The zero-order chi connectivity index (χ0) is 33.1. The fourth-order valence-corrected chi connectivity index (χ4v) is 7.33. The van der Waals surface area contributed by atoms with E-state index in [2.05, 4.69) is 0 Å². The fraction of sp³-hybridized carbons (Fsp3) is 0.485. The molecule has 46 heavy (non-hydrogen) atoms. The number of primary amides is 1. The number of hydrogen-bond acceptors (Lipinski definition) is 8. The Hall–Kier alpha value is -3.71. The van der Waals surface area contributed by atoms with Crippen molar-refractivity contribution in [1.82, 2.24) is 14.5 Å².